The van der Waals surface area contributed by atoms with Gasteiger partial charge >= 0.3 is 0 Å². The Morgan fingerprint density at radius 3 is 2.00 bits per heavy atom. The minimum atomic E-state index is -4.09. The minimum Gasteiger partial charge on any atom is -0.392 e. The Kier molecular flexibility index (Phi) is 7.81. The largest absolute Gasteiger partial charge is 0.392 e. The second-order valence-corrected chi connectivity index (χ2v) is 7.37. The van der Waals surface area contributed by atoms with Crippen molar-refractivity contribution in [1.29, 1.82) is 0 Å². The van der Waals surface area contributed by atoms with E-state index in [-0.39, 0.29) is 0 Å². The van der Waals surface area contributed by atoms with E-state index in [1.807, 2.05) is 0 Å². The molecule has 0 aromatic rings. The van der Waals surface area contributed by atoms with Crippen LogP contribution in [0.2, 0.25) is 0 Å². The zero-order valence-corrected chi connectivity index (χ0v) is 12.3. The number of nitrogens with zero attached hydrogens (tertiary/aromatic N) is 2. The van der Waals surface area contributed by atoms with E-state index in [0.717, 1.165) is 26.0 Å². The number of isocyanates is 2. The van der Waals surface area contributed by atoms with Crippen LogP contribution >= 0.6 is 7.14 Å². The quantitative estimate of drug-likeness (QED) is 0.321. The molecule has 0 amide bonds. The van der Waals surface area contributed by atoms with Crippen LogP contribution in [0.3, 0.4) is 0 Å². The zero-order valence-electron chi connectivity index (χ0n) is 11.4. The van der Waals surface area contributed by atoms with Crippen molar-refractivity contribution in [3.05, 3.63) is 0 Å². The van der Waals surface area contributed by atoms with Crippen molar-refractivity contribution in [2.24, 2.45) is 9.98 Å². The molecule has 3 atom stereocenters. The van der Waals surface area contributed by atoms with Crippen LogP contribution < -0.4 is 0 Å². The Bertz CT molecular complexity index is 529. The lowest BCUT2D eigenvalue weighted by Gasteiger charge is -2.26. The fourth-order valence-electron chi connectivity index (χ4n) is 1.86. The van der Waals surface area contributed by atoms with Gasteiger partial charge in [0.25, 0.3) is 0 Å². The Hall–Kier alpha value is -1.75. The van der Waals surface area contributed by atoms with Gasteiger partial charge in [0.05, 0.1) is 12.3 Å². The normalized spacial score (nSPS) is 17.3. The van der Waals surface area contributed by atoms with Crippen LogP contribution in [0.1, 0.15) is 13.8 Å². The molecule has 9 nitrogen and oxygen atoms in total. The maximum Gasteiger partial charge on any atom is 0.237 e. The molecule has 116 valence electrons. The molecule has 0 saturated heterocycles. The highest BCUT2D eigenvalue weighted by Gasteiger charge is 2.46. The van der Waals surface area contributed by atoms with Crippen molar-refractivity contribution in [2.75, 3.05) is 12.8 Å². The number of ketones is 1. The van der Waals surface area contributed by atoms with Crippen molar-refractivity contribution < 1.29 is 34.0 Å². The summed E-state index contributed by atoms with van der Waals surface area (Å²) >= 11 is 0. The van der Waals surface area contributed by atoms with E-state index in [1.54, 1.807) is 0 Å². The molecular formula is C11H15N2O7P. The Morgan fingerprint density at radius 2 is 1.71 bits per heavy atom. The zero-order chi connectivity index (χ0) is 16.6. The van der Waals surface area contributed by atoms with Crippen LogP contribution in [-0.2, 0) is 23.7 Å². The van der Waals surface area contributed by atoms with Gasteiger partial charge in [-0.05, 0) is 6.92 Å². The van der Waals surface area contributed by atoms with Gasteiger partial charge < -0.3 is 14.8 Å². The average molecular weight is 318 g/mol. The molecule has 0 spiro atoms. The van der Waals surface area contributed by atoms with Crippen LogP contribution in [0.15, 0.2) is 9.98 Å². The molecule has 0 radical (unpaired) electrons. The summed E-state index contributed by atoms with van der Waals surface area (Å²) in [4.78, 5) is 50.0. The summed E-state index contributed by atoms with van der Waals surface area (Å²) in [7, 11) is -4.09. The van der Waals surface area contributed by atoms with Crippen molar-refractivity contribution in [3.63, 3.8) is 0 Å². The fraction of sp³-hybridized carbons (Fsp3) is 0.636. The second-order valence-electron chi connectivity index (χ2n) is 4.23. The molecule has 0 aromatic carbocycles. The molecule has 0 rings (SSSR count). The fourth-order valence-corrected chi connectivity index (χ4v) is 4.62. The topological polar surface area (TPSA) is 151 Å². The minimum absolute atomic E-state index is 0.714. The lowest BCUT2D eigenvalue weighted by molar-refractivity contribution is -0.123. The van der Waals surface area contributed by atoms with E-state index >= 15 is 0 Å². The van der Waals surface area contributed by atoms with Gasteiger partial charge in [-0.3, -0.25) is 9.59 Å². The number of carbonyl (C=O) groups excluding carboxylic acids is 4. The second kappa shape index (κ2) is 8.52. The van der Waals surface area contributed by atoms with Gasteiger partial charge in [0.2, 0.25) is 12.2 Å². The molecule has 0 bridgehead atoms. The van der Waals surface area contributed by atoms with E-state index < -0.39 is 49.1 Å². The number of Topliss-reactive ketones (excluding diaryl/α,β-unsaturated/α-hetero) is 1. The third-order valence-corrected chi connectivity index (χ3v) is 6.32. The van der Waals surface area contributed by atoms with Gasteiger partial charge in [-0.1, -0.05) is 0 Å². The van der Waals surface area contributed by atoms with Crippen molar-refractivity contribution in [2.45, 2.75) is 31.8 Å². The number of aliphatic imine (C=N–C) groups is 2. The Morgan fingerprint density at radius 1 is 1.24 bits per heavy atom. The van der Waals surface area contributed by atoms with Gasteiger partial charge in [-0.25, -0.2) is 9.59 Å². The van der Waals surface area contributed by atoms with Crippen LogP contribution in [-0.4, -0.2) is 64.4 Å². The maximum absolute atomic E-state index is 12.8. The van der Waals surface area contributed by atoms with Crippen LogP contribution in [0, 0.1) is 0 Å². The number of rotatable bonds is 9. The molecule has 0 aliphatic carbocycles. The first-order valence-corrected chi connectivity index (χ1v) is 7.76. The SMILES string of the molecule is CC(=O)P(=O)(CC(N=C=O)N=C=O)C(C(=O)CO)C(C)O. The summed E-state index contributed by atoms with van der Waals surface area (Å²) in [6.07, 6.45) is -1.50. The Labute approximate surface area is 120 Å². The van der Waals surface area contributed by atoms with E-state index in [1.165, 1.54) is 0 Å². The van der Waals surface area contributed by atoms with Gasteiger partial charge in [-0.2, -0.15) is 9.98 Å². The molecule has 2 N–H and O–H groups in total. The van der Waals surface area contributed by atoms with E-state index in [4.69, 9.17) is 5.11 Å². The number of carbonyl (C=O) groups is 2. The summed E-state index contributed by atoms with van der Waals surface area (Å²) < 4.78 is 12.8. The first-order valence-electron chi connectivity index (χ1n) is 5.80. The number of hydrogen-bond donors (Lipinski definition) is 2. The molecule has 10 heteroatoms. The summed E-state index contributed by atoms with van der Waals surface area (Å²) in [5.41, 5.74) is -2.58. The van der Waals surface area contributed by atoms with E-state index in [2.05, 4.69) is 9.98 Å². The number of aliphatic hydroxyl groups excluding tert-OH is 2. The third-order valence-electron chi connectivity index (χ3n) is 2.76. The standard InChI is InChI=1S/C11H15N2O7P/c1-7(17)11(9(19)3-14)21(20,8(2)18)4-10(12-5-15)13-6-16/h7,10-11,14,17H,3-4H2,1-2H3. The van der Waals surface area contributed by atoms with Crippen molar-refractivity contribution in [1.82, 2.24) is 0 Å². The molecule has 0 aliphatic heterocycles. The van der Waals surface area contributed by atoms with Crippen LogP contribution in [0.25, 0.3) is 0 Å². The molecule has 0 heterocycles. The monoisotopic (exact) mass is 318 g/mol. The molecule has 3 unspecified atom stereocenters. The number of hydrogen-bond acceptors (Lipinski definition) is 9. The highest BCUT2D eigenvalue weighted by atomic mass is 31.2. The summed E-state index contributed by atoms with van der Waals surface area (Å²) in [5, 5.41) is 18.5. The maximum atomic E-state index is 12.8. The summed E-state index contributed by atoms with van der Waals surface area (Å²) in [6.45, 7) is 1.05. The Balaban J connectivity index is 5.85. The molecular weight excluding hydrogens is 303 g/mol. The first-order chi connectivity index (χ1) is 9.74. The number of aliphatic hydroxyl groups is 2. The van der Waals surface area contributed by atoms with E-state index in [0.29, 0.717) is 0 Å². The average Bonchev–Trinajstić information content (AvgIpc) is 2.38. The van der Waals surface area contributed by atoms with Crippen LogP contribution in [0.4, 0.5) is 0 Å². The van der Waals surface area contributed by atoms with Crippen molar-refractivity contribution in [3.8, 4) is 0 Å². The smallest absolute Gasteiger partial charge is 0.237 e. The highest BCUT2D eigenvalue weighted by Crippen LogP contribution is 2.54. The molecule has 0 fully saturated rings. The van der Waals surface area contributed by atoms with Gasteiger partial charge in [0.1, 0.15) is 12.3 Å². The molecule has 0 aromatic heterocycles. The third kappa shape index (κ3) is 4.93. The highest BCUT2D eigenvalue weighted by molar-refractivity contribution is 7.81. The molecule has 0 saturated carbocycles. The summed E-state index contributed by atoms with van der Waals surface area (Å²) in [5.74, 6) is -0.993. The molecule has 0 aliphatic rings. The van der Waals surface area contributed by atoms with Gasteiger partial charge in [-0.15, -0.1) is 0 Å². The summed E-state index contributed by atoms with van der Waals surface area (Å²) in [6, 6.07) is 0. The predicted molar refractivity (Wildman–Crippen MR) is 70.7 cm³/mol. The lowest BCUT2D eigenvalue weighted by atomic mass is 10.2. The predicted octanol–water partition coefficient (Wildman–Crippen LogP) is -0.795. The first kappa shape index (κ1) is 19.2. The lowest BCUT2D eigenvalue weighted by Crippen LogP contribution is -2.37. The van der Waals surface area contributed by atoms with Crippen LogP contribution in [0.5, 0.6) is 0 Å². The van der Waals surface area contributed by atoms with Gasteiger partial charge in [0, 0.05) is 6.92 Å². The van der Waals surface area contributed by atoms with E-state index in [9.17, 15) is 28.8 Å². The van der Waals surface area contributed by atoms with Gasteiger partial charge in [0.15, 0.2) is 24.6 Å². The van der Waals surface area contributed by atoms with Crippen molar-refractivity contribution >= 4 is 30.6 Å². The molecule has 21 heavy (non-hydrogen) atoms.